The Morgan fingerprint density at radius 2 is 1.65 bits per heavy atom. The van der Waals surface area contributed by atoms with E-state index in [9.17, 15) is 4.39 Å². The lowest BCUT2D eigenvalue weighted by atomic mass is 10.1. The van der Waals surface area contributed by atoms with Crippen LogP contribution in [0.15, 0.2) is 67.1 Å². The molecule has 0 bridgehead atoms. The Morgan fingerprint density at radius 3 is 2.47 bits per heavy atom. The Bertz CT molecular complexity index is 1650. The van der Waals surface area contributed by atoms with E-state index in [1.165, 1.54) is 12.1 Å². The summed E-state index contributed by atoms with van der Waals surface area (Å²) in [6.45, 7) is 0. The number of pyridine rings is 3. The van der Waals surface area contributed by atoms with Crippen LogP contribution in [0.3, 0.4) is 0 Å². The van der Waals surface area contributed by atoms with Gasteiger partial charge in [0.25, 0.3) is 0 Å². The minimum Gasteiger partial charge on any atom is -0.376 e. The summed E-state index contributed by atoms with van der Waals surface area (Å²) in [6, 6.07) is 14.0. The van der Waals surface area contributed by atoms with Crippen LogP contribution in [0.2, 0.25) is 0 Å². The highest BCUT2D eigenvalue weighted by molar-refractivity contribution is 5.95. The minimum atomic E-state index is -0.296. The van der Waals surface area contributed by atoms with Crippen molar-refractivity contribution in [1.29, 1.82) is 0 Å². The number of nitrogens with one attached hydrogen (secondary N) is 2. The minimum absolute atomic E-state index is 0.296. The summed E-state index contributed by atoms with van der Waals surface area (Å²) in [6.07, 6.45) is 5.31. The van der Waals surface area contributed by atoms with Crippen LogP contribution in [0.5, 0.6) is 0 Å². The van der Waals surface area contributed by atoms with Crippen LogP contribution in [0, 0.1) is 5.82 Å². The van der Waals surface area contributed by atoms with Crippen molar-refractivity contribution in [1.82, 2.24) is 35.1 Å². The van der Waals surface area contributed by atoms with E-state index in [4.69, 9.17) is 9.97 Å². The Kier molecular flexibility index (Phi) is 4.54. The van der Waals surface area contributed by atoms with Gasteiger partial charge >= 0.3 is 0 Å². The summed E-state index contributed by atoms with van der Waals surface area (Å²) >= 11 is 0. The van der Waals surface area contributed by atoms with E-state index in [1.54, 1.807) is 24.5 Å². The zero-order chi connectivity index (χ0) is 23.2. The molecule has 5 heterocycles. The summed E-state index contributed by atoms with van der Waals surface area (Å²) in [5.41, 5.74) is 7.73. The third-order valence-electron chi connectivity index (χ3n) is 5.69. The van der Waals surface area contributed by atoms with Crippen LogP contribution in [0.25, 0.3) is 56.1 Å². The predicted molar refractivity (Wildman–Crippen MR) is 130 cm³/mol. The maximum atomic E-state index is 13.4. The Labute approximate surface area is 193 Å². The fourth-order valence-electron chi connectivity index (χ4n) is 3.90. The summed E-state index contributed by atoms with van der Waals surface area (Å²) < 4.78 is 13.4. The van der Waals surface area contributed by atoms with Crippen LogP contribution in [-0.4, -0.2) is 49.2 Å². The van der Waals surface area contributed by atoms with Crippen molar-refractivity contribution in [3.8, 4) is 34.0 Å². The van der Waals surface area contributed by atoms with Gasteiger partial charge in [0.2, 0.25) is 0 Å². The lowest BCUT2D eigenvalue weighted by Gasteiger charge is -2.12. The second kappa shape index (κ2) is 7.73. The molecular formula is C25H19FN8. The van der Waals surface area contributed by atoms with Crippen molar-refractivity contribution in [2.75, 3.05) is 19.0 Å². The van der Waals surface area contributed by atoms with Crippen molar-refractivity contribution >= 4 is 27.8 Å². The van der Waals surface area contributed by atoms with Gasteiger partial charge in [-0.2, -0.15) is 5.10 Å². The number of hydrogen-bond acceptors (Lipinski definition) is 6. The van der Waals surface area contributed by atoms with Gasteiger partial charge in [-0.15, -0.1) is 0 Å². The molecule has 2 N–H and O–H groups in total. The Morgan fingerprint density at radius 1 is 0.824 bits per heavy atom. The number of halogens is 1. The van der Waals surface area contributed by atoms with Crippen LogP contribution < -0.4 is 4.90 Å². The molecule has 0 aliphatic carbocycles. The van der Waals surface area contributed by atoms with Gasteiger partial charge in [-0.3, -0.25) is 15.1 Å². The van der Waals surface area contributed by atoms with Crippen LogP contribution >= 0.6 is 0 Å². The van der Waals surface area contributed by atoms with E-state index in [1.807, 2.05) is 49.5 Å². The van der Waals surface area contributed by atoms with Crippen molar-refractivity contribution in [3.63, 3.8) is 0 Å². The average Bonchev–Trinajstić information content (AvgIpc) is 3.48. The molecule has 0 atom stereocenters. The van der Waals surface area contributed by atoms with Gasteiger partial charge < -0.3 is 9.88 Å². The summed E-state index contributed by atoms with van der Waals surface area (Å²) in [5, 5.41) is 7.52. The standard InChI is InChI=1S/C25H19FN8/c1-34(2)17-11-15(12-27-13-17)18-7-8-20-23(29-18)24(33-32-20)25-30-19-9-10-28-21(22(19)31-25)14-3-5-16(26)6-4-14/h3-13H,1-2H3,(H,30,31)(H,32,33). The molecule has 1 aromatic carbocycles. The fourth-order valence-corrected chi connectivity index (χ4v) is 3.90. The smallest absolute Gasteiger partial charge is 0.161 e. The highest BCUT2D eigenvalue weighted by atomic mass is 19.1. The van der Waals surface area contributed by atoms with Crippen molar-refractivity contribution < 1.29 is 4.39 Å². The number of aromatic nitrogens is 7. The zero-order valence-electron chi connectivity index (χ0n) is 18.4. The Hall–Kier alpha value is -4.66. The van der Waals surface area contributed by atoms with Crippen molar-refractivity contribution in [3.05, 3.63) is 72.9 Å². The molecule has 0 saturated carbocycles. The third-order valence-corrected chi connectivity index (χ3v) is 5.69. The number of rotatable bonds is 4. The van der Waals surface area contributed by atoms with Crippen molar-refractivity contribution in [2.45, 2.75) is 0 Å². The molecule has 0 spiro atoms. The summed E-state index contributed by atoms with van der Waals surface area (Å²) in [5.74, 6) is 0.275. The lowest BCUT2D eigenvalue weighted by Crippen LogP contribution is -2.08. The highest BCUT2D eigenvalue weighted by Crippen LogP contribution is 2.31. The van der Waals surface area contributed by atoms with E-state index in [0.717, 1.165) is 33.5 Å². The molecule has 0 amide bonds. The van der Waals surface area contributed by atoms with Gasteiger partial charge in [0.05, 0.1) is 34.3 Å². The maximum absolute atomic E-state index is 13.4. The van der Waals surface area contributed by atoms with Crippen LogP contribution in [-0.2, 0) is 0 Å². The number of hydrogen-bond donors (Lipinski definition) is 2. The molecule has 6 aromatic rings. The molecule has 5 aromatic heterocycles. The normalized spacial score (nSPS) is 11.4. The number of fused-ring (bicyclic) bond motifs is 2. The quantitative estimate of drug-likeness (QED) is 0.399. The van der Waals surface area contributed by atoms with E-state index in [0.29, 0.717) is 28.2 Å². The molecule has 0 aliphatic heterocycles. The van der Waals surface area contributed by atoms with Crippen LogP contribution in [0.4, 0.5) is 10.1 Å². The molecule has 0 unspecified atom stereocenters. The number of imidazole rings is 1. The van der Waals surface area contributed by atoms with E-state index >= 15 is 0 Å². The Balaban J connectivity index is 1.47. The molecule has 0 radical (unpaired) electrons. The second-order valence-corrected chi connectivity index (χ2v) is 8.14. The van der Waals surface area contributed by atoms with E-state index in [2.05, 4.69) is 25.1 Å². The first kappa shape index (κ1) is 20.0. The van der Waals surface area contributed by atoms with Gasteiger partial charge in [-0.25, -0.2) is 14.4 Å². The first-order valence-corrected chi connectivity index (χ1v) is 10.7. The molecule has 0 saturated heterocycles. The summed E-state index contributed by atoms with van der Waals surface area (Å²) in [7, 11) is 3.95. The number of aromatic amines is 2. The monoisotopic (exact) mass is 450 g/mol. The highest BCUT2D eigenvalue weighted by Gasteiger charge is 2.17. The molecular weight excluding hydrogens is 431 g/mol. The number of benzene rings is 1. The fraction of sp³-hybridized carbons (Fsp3) is 0.0800. The molecule has 9 heteroatoms. The molecule has 166 valence electrons. The first-order valence-electron chi connectivity index (χ1n) is 10.7. The molecule has 0 aliphatic rings. The van der Waals surface area contributed by atoms with E-state index in [-0.39, 0.29) is 5.82 Å². The zero-order valence-corrected chi connectivity index (χ0v) is 18.4. The third kappa shape index (κ3) is 3.34. The van der Waals surface area contributed by atoms with Gasteiger partial charge in [-0.05, 0) is 48.5 Å². The number of anilines is 1. The van der Waals surface area contributed by atoms with Crippen molar-refractivity contribution in [2.24, 2.45) is 0 Å². The number of H-pyrrole nitrogens is 2. The summed E-state index contributed by atoms with van der Waals surface area (Å²) in [4.78, 5) is 23.8. The average molecular weight is 450 g/mol. The SMILES string of the molecule is CN(C)c1cncc(-c2ccc3[nH]nc(-c4nc5c(-c6ccc(F)cc6)nccc5[nH]4)c3n2)c1. The van der Waals surface area contributed by atoms with Gasteiger partial charge in [-0.1, -0.05) is 0 Å². The first-order chi connectivity index (χ1) is 16.6. The van der Waals surface area contributed by atoms with Crippen LogP contribution in [0.1, 0.15) is 0 Å². The topological polar surface area (TPSA) is 99.3 Å². The van der Waals surface area contributed by atoms with Gasteiger partial charge in [0.15, 0.2) is 11.5 Å². The molecule has 8 nitrogen and oxygen atoms in total. The van der Waals surface area contributed by atoms with Gasteiger partial charge in [0.1, 0.15) is 16.9 Å². The molecule has 34 heavy (non-hydrogen) atoms. The maximum Gasteiger partial charge on any atom is 0.161 e. The molecule has 6 rings (SSSR count). The lowest BCUT2D eigenvalue weighted by molar-refractivity contribution is 0.628. The van der Waals surface area contributed by atoms with E-state index < -0.39 is 0 Å². The number of nitrogens with zero attached hydrogens (tertiary/aromatic N) is 6. The van der Waals surface area contributed by atoms with Gasteiger partial charge in [0, 0.05) is 37.6 Å². The molecule has 0 fully saturated rings. The second-order valence-electron chi connectivity index (χ2n) is 8.14. The predicted octanol–water partition coefficient (Wildman–Crippen LogP) is 4.83. The largest absolute Gasteiger partial charge is 0.376 e.